The van der Waals surface area contributed by atoms with Crippen molar-refractivity contribution in [3.05, 3.63) is 10.5 Å². The monoisotopic (exact) mass is 219 g/mol. The Morgan fingerprint density at radius 2 is 2.38 bits per heavy atom. The highest BCUT2D eigenvalue weighted by Gasteiger charge is 2.02. The van der Waals surface area contributed by atoms with Gasteiger partial charge in [0.25, 0.3) is 0 Å². The van der Waals surface area contributed by atoms with Crippen LogP contribution in [0.2, 0.25) is 0 Å². The smallest absolute Gasteiger partial charge is 0.273 e. The Hall–Kier alpha value is -0.360. The van der Waals surface area contributed by atoms with E-state index in [4.69, 9.17) is 0 Å². The number of nitrogens with one attached hydrogen (secondary N) is 1. The van der Waals surface area contributed by atoms with E-state index in [2.05, 4.69) is 22.8 Å². The first kappa shape index (κ1) is 10.7. The largest absolute Gasteiger partial charge is 0.343 e. The number of H-pyrrole nitrogens is 1. The van der Waals surface area contributed by atoms with Gasteiger partial charge in [-0.3, -0.25) is 4.57 Å². The lowest BCUT2D eigenvalue weighted by Crippen LogP contribution is -2.12. The summed E-state index contributed by atoms with van der Waals surface area (Å²) in [5.41, 5.74) is -0.156. The van der Waals surface area contributed by atoms with Crippen LogP contribution in [-0.4, -0.2) is 26.3 Å². The highest BCUT2D eigenvalue weighted by atomic mass is 32.2. The summed E-state index contributed by atoms with van der Waals surface area (Å²) >= 11 is 5.71. The molecule has 0 amide bonds. The number of thiol groups is 1. The zero-order chi connectivity index (χ0) is 9.68. The molecule has 0 aliphatic carbocycles. The summed E-state index contributed by atoms with van der Waals surface area (Å²) in [5.74, 6) is 1.90. The third-order valence-corrected chi connectivity index (χ3v) is 3.05. The van der Waals surface area contributed by atoms with Crippen LogP contribution in [0.25, 0.3) is 0 Å². The van der Waals surface area contributed by atoms with Crippen LogP contribution in [-0.2, 0) is 7.05 Å². The van der Waals surface area contributed by atoms with Gasteiger partial charge in [-0.25, -0.2) is 9.89 Å². The lowest BCUT2D eigenvalue weighted by molar-refractivity contribution is 0.764. The molecule has 0 unspecified atom stereocenters. The zero-order valence-corrected chi connectivity index (χ0v) is 9.20. The minimum Gasteiger partial charge on any atom is -0.273 e. The molecule has 0 radical (unpaired) electrons. The van der Waals surface area contributed by atoms with Gasteiger partial charge in [-0.2, -0.15) is 12.6 Å². The molecule has 13 heavy (non-hydrogen) atoms. The normalized spacial score (nSPS) is 10.6. The Balaban J connectivity index is 2.37. The molecule has 6 heteroatoms. The third-order valence-electron chi connectivity index (χ3n) is 1.62. The Morgan fingerprint density at radius 1 is 1.62 bits per heavy atom. The van der Waals surface area contributed by atoms with Crippen molar-refractivity contribution in [2.45, 2.75) is 18.0 Å². The summed E-state index contributed by atoms with van der Waals surface area (Å²) in [7, 11) is 1.72. The molecule has 0 bridgehead atoms. The summed E-state index contributed by atoms with van der Waals surface area (Å²) in [6, 6.07) is 0. The van der Waals surface area contributed by atoms with Crippen molar-refractivity contribution in [3.8, 4) is 0 Å². The number of unbranched alkanes of at least 4 members (excludes halogenated alkanes) is 1. The van der Waals surface area contributed by atoms with E-state index >= 15 is 0 Å². The van der Waals surface area contributed by atoms with Gasteiger partial charge in [0.15, 0.2) is 5.16 Å². The summed E-state index contributed by atoms with van der Waals surface area (Å²) < 4.78 is 1.52. The van der Waals surface area contributed by atoms with Crippen LogP contribution >= 0.6 is 24.4 Å². The van der Waals surface area contributed by atoms with Gasteiger partial charge in [-0.15, -0.1) is 5.10 Å². The van der Waals surface area contributed by atoms with E-state index in [-0.39, 0.29) is 5.69 Å². The first-order valence-corrected chi connectivity index (χ1v) is 5.72. The molecule has 0 aliphatic heterocycles. The number of nitrogens with zero attached hydrogens (tertiary/aromatic N) is 2. The molecule has 1 rings (SSSR count). The minimum atomic E-state index is -0.156. The second-order valence-electron chi connectivity index (χ2n) is 2.65. The van der Waals surface area contributed by atoms with E-state index in [1.807, 2.05) is 0 Å². The Labute approximate surface area is 86.5 Å². The third kappa shape index (κ3) is 3.11. The molecule has 1 aromatic heterocycles. The summed E-state index contributed by atoms with van der Waals surface area (Å²) in [4.78, 5) is 10.9. The van der Waals surface area contributed by atoms with Gasteiger partial charge in [0.1, 0.15) is 0 Å². The van der Waals surface area contributed by atoms with Gasteiger partial charge < -0.3 is 0 Å². The van der Waals surface area contributed by atoms with Crippen LogP contribution in [0.4, 0.5) is 0 Å². The van der Waals surface area contributed by atoms with Gasteiger partial charge in [0, 0.05) is 12.8 Å². The Bertz CT molecular complexity index is 307. The standard InChI is InChI=1S/C7H13N3OS2/c1-10-6(11)8-9-7(10)13-5-3-2-4-12/h12H,2-5H2,1H3,(H,8,11). The lowest BCUT2D eigenvalue weighted by Gasteiger charge is -1.98. The fourth-order valence-corrected chi connectivity index (χ4v) is 1.98. The van der Waals surface area contributed by atoms with Crippen molar-refractivity contribution in [1.29, 1.82) is 0 Å². The van der Waals surface area contributed by atoms with E-state index in [1.54, 1.807) is 18.8 Å². The molecule has 0 aromatic carbocycles. The predicted octanol–water partition coefficient (Wildman–Crippen LogP) is 0.910. The Morgan fingerprint density at radius 3 is 2.92 bits per heavy atom. The van der Waals surface area contributed by atoms with Crippen molar-refractivity contribution >= 4 is 24.4 Å². The summed E-state index contributed by atoms with van der Waals surface area (Å²) in [6.45, 7) is 0. The van der Waals surface area contributed by atoms with Crippen LogP contribution in [0.5, 0.6) is 0 Å². The summed E-state index contributed by atoms with van der Waals surface area (Å²) in [6.07, 6.45) is 2.21. The van der Waals surface area contributed by atoms with Crippen LogP contribution in [0.3, 0.4) is 0 Å². The maximum atomic E-state index is 10.9. The number of aromatic amines is 1. The number of thioether (sulfide) groups is 1. The molecule has 4 nitrogen and oxygen atoms in total. The molecular formula is C7H13N3OS2. The van der Waals surface area contributed by atoms with Crippen molar-refractivity contribution in [2.24, 2.45) is 7.05 Å². The molecule has 1 heterocycles. The number of aromatic nitrogens is 3. The van der Waals surface area contributed by atoms with Crippen molar-refractivity contribution in [3.63, 3.8) is 0 Å². The van der Waals surface area contributed by atoms with Gasteiger partial charge in [0.2, 0.25) is 0 Å². The molecule has 0 spiro atoms. The fourth-order valence-electron chi connectivity index (χ4n) is 0.839. The number of hydrogen-bond acceptors (Lipinski definition) is 4. The van der Waals surface area contributed by atoms with Gasteiger partial charge in [-0.1, -0.05) is 11.8 Å². The van der Waals surface area contributed by atoms with Crippen LogP contribution < -0.4 is 5.69 Å². The van der Waals surface area contributed by atoms with Crippen LogP contribution in [0, 0.1) is 0 Å². The van der Waals surface area contributed by atoms with E-state index in [9.17, 15) is 4.79 Å². The molecule has 74 valence electrons. The van der Waals surface area contributed by atoms with Crippen molar-refractivity contribution in [2.75, 3.05) is 11.5 Å². The molecule has 0 aliphatic rings. The molecule has 1 aromatic rings. The van der Waals surface area contributed by atoms with E-state index in [1.165, 1.54) is 4.57 Å². The topological polar surface area (TPSA) is 50.7 Å². The average Bonchev–Trinajstić information content (AvgIpc) is 2.43. The van der Waals surface area contributed by atoms with Crippen LogP contribution in [0.15, 0.2) is 9.95 Å². The van der Waals surface area contributed by atoms with Gasteiger partial charge in [0.05, 0.1) is 0 Å². The van der Waals surface area contributed by atoms with E-state index in [0.29, 0.717) is 0 Å². The van der Waals surface area contributed by atoms with Crippen molar-refractivity contribution < 1.29 is 0 Å². The molecular weight excluding hydrogens is 206 g/mol. The maximum Gasteiger partial charge on any atom is 0.343 e. The second kappa shape index (κ2) is 5.39. The first-order chi connectivity index (χ1) is 6.25. The van der Waals surface area contributed by atoms with E-state index < -0.39 is 0 Å². The number of hydrogen-bond donors (Lipinski definition) is 2. The second-order valence-corrected chi connectivity index (χ2v) is 4.16. The predicted molar refractivity (Wildman–Crippen MR) is 57.6 cm³/mol. The highest BCUT2D eigenvalue weighted by molar-refractivity contribution is 7.99. The van der Waals surface area contributed by atoms with E-state index in [0.717, 1.165) is 29.5 Å². The number of rotatable bonds is 5. The minimum absolute atomic E-state index is 0.156. The summed E-state index contributed by atoms with van der Waals surface area (Å²) in [5, 5.41) is 7.04. The van der Waals surface area contributed by atoms with Gasteiger partial charge >= 0.3 is 5.69 Å². The molecule has 0 saturated carbocycles. The fraction of sp³-hybridized carbons (Fsp3) is 0.714. The lowest BCUT2D eigenvalue weighted by atomic mass is 10.4. The molecule has 0 fully saturated rings. The first-order valence-electron chi connectivity index (χ1n) is 4.10. The highest BCUT2D eigenvalue weighted by Crippen LogP contribution is 2.13. The molecule has 0 atom stereocenters. The SMILES string of the molecule is Cn1c(SCCCCS)n[nH]c1=O. The van der Waals surface area contributed by atoms with Crippen LogP contribution in [0.1, 0.15) is 12.8 Å². The zero-order valence-electron chi connectivity index (χ0n) is 7.49. The molecule has 1 N–H and O–H groups in total. The molecule has 0 saturated heterocycles. The Kier molecular flexibility index (Phi) is 4.44. The van der Waals surface area contributed by atoms with Gasteiger partial charge in [-0.05, 0) is 18.6 Å². The van der Waals surface area contributed by atoms with Crippen molar-refractivity contribution in [1.82, 2.24) is 14.8 Å². The maximum absolute atomic E-state index is 10.9. The quantitative estimate of drug-likeness (QED) is 0.440. The average molecular weight is 219 g/mol.